The van der Waals surface area contributed by atoms with E-state index in [0.29, 0.717) is 49.0 Å². The fraction of sp³-hybridized carbons (Fsp3) is 0.304. The number of carbonyl (C=O) groups excluding carboxylic acids is 1. The van der Waals surface area contributed by atoms with E-state index in [2.05, 4.69) is 22.9 Å². The average Bonchev–Trinajstić information content (AvgIpc) is 2.79. The van der Waals surface area contributed by atoms with Crippen LogP contribution in [0.1, 0.15) is 36.8 Å². The predicted molar refractivity (Wildman–Crippen MR) is 113 cm³/mol. The number of rotatable bonds is 5. The van der Waals surface area contributed by atoms with Crippen molar-refractivity contribution >= 4 is 12.4 Å². The summed E-state index contributed by atoms with van der Waals surface area (Å²) in [4.78, 5) is 22.8. The Morgan fingerprint density at radius 2 is 1.94 bits per heavy atom. The number of hydrogen-bond donors (Lipinski definition) is 4. The van der Waals surface area contributed by atoms with Crippen LogP contribution in [-0.4, -0.2) is 50.9 Å². The van der Waals surface area contributed by atoms with E-state index in [1.165, 1.54) is 6.20 Å². The number of aliphatic hydroxyl groups is 1. The predicted octanol–water partition coefficient (Wildman–Crippen LogP) is 1.58. The lowest BCUT2D eigenvalue weighted by atomic mass is 9.83. The molecule has 4 N–H and O–H groups in total. The minimum atomic E-state index is -1.04. The van der Waals surface area contributed by atoms with Gasteiger partial charge in [-0.05, 0) is 49.1 Å². The first-order valence-electron chi connectivity index (χ1n) is 9.79. The van der Waals surface area contributed by atoms with Crippen molar-refractivity contribution < 1.29 is 29.6 Å². The number of carbonyl (C=O) groups is 2. The lowest BCUT2D eigenvalue weighted by molar-refractivity contribution is -0.136. The van der Waals surface area contributed by atoms with Crippen molar-refractivity contribution in [1.29, 1.82) is 5.26 Å². The molecule has 3 rings (SSSR count). The molecule has 1 aromatic heterocycles. The SMILES string of the molecule is N#Cc1ccc(OC2(C#Cc3cncc(O)c3)CCC(O)CC2)cc1.O=CNCC(=O)O. The number of nitriles is 1. The molecule has 0 atom stereocenters. The maximum Gasteiger partial charge on any atom is 0.322 e. The molecule has 0 radical (unpaired) electrons. The van der Waals surface area contributed by atoms with Crippen LogP contribution in [-0.2, 0) is 9.59 Å². The van der Waals surface area contributed by atoms with Gasteiger partial charge in [-0.25, -0.2) is 0 Å². The van der Waals surface area contributed by atoms with Crippen LogP contribution in [0.4, 0.5) is 0 Å². The van der Waals surface area contributed by atoms with Crippen LogP contribution >= 0.6 is 0 Å². The Bertz CT molecular complexity index is 1010. The molecule has 1 aliphatic rings. The molecule has 1 fully saturated rings. The van der Waals surface area contributed by atoms with E-state index >= 15 is 0 Å². The zero-order valence-corrected chi connectivity index (χ0v) is 17.2. The first kappa shape index (κ1) is 24.2. The number of hydrogen-bond acceptors (Lipinski definition) is 7. The molecular formula is C23H23N3O6. The average molecular weight is 437 g/mol. The Morgan fingerprint density at radius 1 is 1.25 bits per heavy atom. The summed E-state index contributed by atoms with van der Waals surface area (Å²) in [5.41, 5.74) is 0.463. The van der Waals surface area contributed by atoms with Crippen molar-refractivity contribution in [2.75, 3.05) is 6.54 Å². The van der Waals surface area contributed by atoms with Gasteiger partial charge in [0.25, 0.3) is 0 Å². The fourth-order valence-electron chi connectivity index (χ4n) is 2.96. The Labute approximate surface area is 185 Å². The van der Waals surface area contributed by atoms with Crippen LogP contribution in [0.5, 0.6) is 11.5 Å². The molecule has 0 saturated heterocycles. The highest BCUT2D eigenvalue weighted by molar-refractivity contribution is 5.71. The second kappa shape index (κ2) is 11.9. The number of nitrogens with zero attached hydrogens (tertiary/aromatic N) is 2. The maximum absolute atomic E-state index is 9.81. The van der Waals surface area contributed by atoms with Crippen molar-refractivity contribution in [2.24, 2.45) is 0 Å². The second-order valence-electron chi connectivity index (χ2n) is 7.04. The summed E-state index contributed by atoms with van der Waals surface area (Å²) < 4.78 is 6.17. The molecule has 9 nitrogen and oxygen atoms in total. The van der Waals surface area contributed by atoms with Gasteiger partial charge in [-0.2, -0.15) is 5.26 Å². The zero-order valence-electron chi connectivity index (χ0n) is 17.2. The number of carboxylic acids is 1. The van der Waals surface area contributed by atoms with Crippen molar-refractivity contribution in [3.63, 3.8) is 0 Å². The van der Waals surface area contributed by atoms with Crippen LogP contribution < -0.4 is 10.1 Å². The van der Waals surface area contributed by atoms with Gasteiger partial charge in [0.2, 0.25) is 6.41 Å². The highest BCUT2D eigenvalue weighted by atomic mass is 16.5. The van der Waals surface area contributed by atoms with Gasteiger partial charge in [-0.1, -0.05) is 5.92 Å². The standard InChI is InChI=1S/C20H18N2O3.C3H5NO3/c21-12-15-1-3-19(4-2-15)25-20(9-6-17(23)7-10-20)8-5-16-11-18(24)14-22-13-16;5-2-4-1-3(6)7/h1-4,11,13-14,17,23-24H,6-7,9-10H2;2H,1H2,(H,4,5)(H,6,7). The topological polar surface area (TPSA) is 153 Å². The molecule has 1 amide bonds. The van der Waals surface area contributed by atoms with Gasteiger partial charge >= 0.3 is 5.97 Å². The van der Waals surface area contributed by atoms with E-state index < -0.39 is 11.6 Å². The minimum Gasteiger partial charge on any atom is -0.506 e. The van der Waals surface area contributed by atoms with Crippen molar-refractivity contribution in [1.82, 2.24) is 10.3 Å². The molecule has 0 unspecified atom stereocenters. The van der Waals surface area contributed by atoms with E-state index in [0.717, 1.165) is 0 Å². The van der Waals surface area contributed by atoms with Crippen LogP contribution in [0.15, 0.2) is 42.7 Å². The number of amides is 1. The number of aliphatic carboxylic acids is 1. The van der Waals surface area contributed by atoms with Gasteiger partial charge in [-0.15, -0.1) is 0 Å². The van der Waals surface area contributed by atoms with E-state index in [1.807, 2.05) is 5.32 Å². The molecule has 9 heteroatoms. The molecule has 0 spiro atoms. The molecular weight excluding hydrogens is 414 g/mol. The van der Waals surface area contributed by atoms with Crippen LogP contribution in [0.25, 0.3) is 0 Å². The number of aromatic hydroxyl groups is 1. The second-order valence-corrected chi connectivity index (χ2v) is 7.04. The summed E-state index contributed by atoms with van der Waals surface area (Å²) in [5, 5.41) is 38.0. The van der Waals surface area contributed by atoms with Gasteiger partial charge in [0.1, 0.15) is 18.0 Å². The van der Waals surface area contributed by atoms with E-state index in [-0.39, 0.29) is 18.4 Å². The summed E-state index contributed by atoms with van der Waals surface area (Å²) in [5.74, 6) is 5.86. The van der Waals surface area contributed by atoms with Gasteiger partial charge in [-0.3, -0.25) is 14.6 Å². The minimum absolute atomic E-state index is 0.0629. The molecule has 2 aromatic rings. The van der Waals surface area contributed by atoms with E-state index in [9.17, 15) is 19.8 Å². The number of benzene rings is 1. The molecule has 1 aliphatic carbocycles. The number of ether oxygens (including phenoxy) is 1. The van der Waals surface area contributed by atoms with Crippen molar-refractivity contribution in [2.45, 2.75) is 37.4 Å². The molecule has 1 aromatic carbocycles. The Hall–Kier alpha value is -4.08. The van der Waals surface area contributed by atoms with Gasteiger partial charge < -0.3 is 25.4 Å². The first-order chi connectivity index (χ1) is 15.4. The number of aromatic nitrogens is 1. The third-order valence-corrected chi connectivity index (χ3v) is 4.55. The van der Waals surface area contributed by atoms with Crippen LogP contribution in [0.2, 0.25) is 0 Å². The van der Waals surface area contributed by atoms with Crippen LogP contribution in [0.3, 0.4) is 0 Å². The lowest BCUT2D eigenvalue weighted by Gasteiger charge is -2.35. The molecule has 32 heavy (non-hydrogen) atoms. The number of aliphatic hydroxyl groups excluding tert-OH is 1. The Balaban J connectivity index is 0.000000451. The van der Waals surface area contributed by atoms with E-state index in [1.54, 1.807) is 36.5 Å². The third kappa shape index (κ3) is 7.98. The Morgan fingerprint density at radius 3 is 2.47 bits per heavy atom. The summed E-state index contributed by atoms with van der Waals surface area (Å²) >= 11 is 0. The zero-order chi connectivity index (χ0) is 23.4. The molecule has 1 heterocycles. The smallest absolute Gasteiger partial charge is 0.322 e. The maximum atomic E-state index is 9.81. The van der Waals surface area contributed by atoms with Gasteiger partial charge in [0.05, 0.1) is 23.9 Å². The number of pyridine rings is 1. The lowest BCUT2D eigenvalue weighted by Crippen LogP contribution is -2.40. The highest BCUT2D eigenvalue weighted by Crippen LogP contribution is 2.33. The number of nitrogens with one attached hydrogen (secondary N) is 1. The fourth-order valence-corrected chi connectivity index (χ4v) is 2.96. The number of carboxylic acid groups (broad SMARTS) is 1. The first-order valence-corrected chi connectivity index (χ1v) is 9.79. The van der Waals surface area contributed by atoms with Gasteiger partial charge in [0, 0.05) is 24.6 Å². The van der Waals surface area contributed by atoms with Crippen molar-refractivity contribution in [3.05, 3.63) is 53.9 Å². The molecule has 0 aliphatic heterocycles. The van der Waals surface area contributed by atoms with Gasteiger partial charge in [0.15, 0.2) is 5.60 Å². The summed E-state index contributed by atoms with van der Waals surface area (Å²) in [7, 11) is 0. The quantitative estimate of drug-likeness (QED) is 0.406. The summed E-state index contributed by atoms with van der Waals surface area (Å²) in [6.45, 7) is -0.302. The third-order valence-electron chi connectivity index (χ3n) is 4.55. The van der Waals surface area contributed by atoms with Crippen LogP contribution in [0, 0.1) is 23.2 Å². The normalized spacial score (nSPS) is 19.1. The Kier molecular flexibility index (Phi) is 9.03. The molecule has 1 saturated carbocycles. The molecule has 166 valence electrons. The summed E-state index contributed by atoms with van der Waals surface area (Å²) in [6, 6.07) is 10.5. The molecule has 0 bridgehead atoms. The largest absolute Gasteiger partial charge is 0.506 e. The summed E-state index contributed by atoms with van der Waals surface area (Å²) in [6.07, 6.45) is 5.38. The highest BCUT2D eigenvalue weighted by Gasteiger charge is 2.35. The monoisotopic (exact) mass is 437 g/mol. The van der Waals surface area contributed by atoms with Crippen molar-refractivity contribution in [3.8, 4) is 29.4 Å². The van der Waals surface area contributed by atoms with E-state index in [4.69, 9.17) is 15.1 Å².